The van der Waals surface area contributed by atoms with Gasteiger partial charge in [0.05, 0.1) is 10.0 Å². The second kappa shape index (κ2) is 7.81. The van der Waals surface area contributed by atoms with Crippen LogP contribution >= 0.6 is 23.2 Å². The number of halogens is 2. The number of nitrogens with zero attached hydrogens (tertiary/aromatic N) is 2. The molecule has 2 aromatic rings. The van der Waals surface area contributed by atoms with E-state index in [0.717, 1.165) is 12.8 Å². The summed E-state index contributed by atoms with van der Waals surface area (Å²) in [4.78, 5) is 20.6. The number of anilines is 2. The summed E-state index contributed by atoms with van der Waals surface area (Å²) in [5.41, 5.74) is 0.865. The zero-order valence-electron chi connectivity index (χ0n) is 13.1. The Morgan fingerprint density at radius 1 is 1.04 bits per heavy atom. The fourth-order valence-corrected chi connectivity index (χ4v) is 3.08. The van der Waals surface area contributed by atoms with E-state index in [0.29, 0.717) is 33.3 Å². The maximum atomic E-state index is 12.3. The van der Waals surface area contributed by atoms with Crippen molar-refractivity contribution in [3.8, 4) is 0 Å². The predicted octanol–water partition coefficient (Wildman–Crippen LogP) is 4.78. The van der Waals surface area contributed by atoms with Crippen LogP contribution in [-0.4, -0.2) is 21.9 Å². The van der Waals surface area contributed by atoms with Crippen molar-refractivity contribution in [2.45, 2.75) is 38.1 Å². The summed E-state index contributed by atoms with van der Waals surface area (Å²) in [6.07, 6.45) is 7.42. The molecule has 1 aliphatic carbocycles. The van der Waals surface area contributed by atoms with Crippen LogP contribution in [0.1, 0.15) is 42.6 Å². The summed E-state index contributed by atoms with van der Waals surface area (Å²) in [6, 6.07) is 7.01. The average Bonchev–Trinajstić information content (AvgIpc) is 2.59. The van der Waals surface area contributed by atoms with Crippen molar-refractivity contribution in [3.63, 3.8) is 0 Å². The summed E-state index contributed by atoms with van der Waals surface area (Å²) >= 11 is 11.8. The molecule has 1 aromatic heterocycles. The highest BCUT2D eigenvalue weighted by atomic mass is 35.5. The predicted molar refractivity (Wildman–Crippen MR) is 96.9 cm³/mol. The number of aromatic nitrogens is 2. The van der Waals surface area contributed by atoms with Crippen LogP contribution in [0.25, 0.3) is 0 Å². The summed E-state index contributed by atoms with van der Waals surface area (Å²) < 4.78 is 0. The molecule has 0 spiro atoms. The molecule has 1 aliphatic rings. The Hall–Kier alpha value is -1.85. The van der Waals surface area contributed by atoms with Crippen LogP contribution in [0.15, 0.2) is 30.6 Å². The third-order valence-corrected chi connectivity index (χ3v) is 4.77. The van der Waals surface area contributed by atoms with Gasteiger partial charge in [0.25, 0.3) is 5.91 Å². The molecule has 1 heterocycles. The van der Waals surface area contributed by atoms with E-state index in [4.69, 9.17) is 23.2 Å². The van der Waals surface area contributed by atoms with Crippen LogP contribution < -0.4 is 10.6 Å². The van der Waals surface area contributed by atoms with E-state index in [1.807, 2.05) is 0 Å². The van der Waals surface area contributed by atoms with Crippen molar-refractivity contribution in [2.75, 3.05) is 10.6 Å². The van der Waals surface area contributed by atoms with E-state index in [1.165, 1.54) is 25.6 Å². The summed E-state index contributed by atoms with van der Waals surface area (Å²) in [6.45, 7) is 0. The molecular weight excluding hydrogens is 347 g/mol. The molecule has 1 fully saturated rings. The molecule has 0 atom stereocenters. The normalized spacial score (nSPS) is 15.1. The van der Waals surface area contributed by atoms with Gasteiger partial charge in [-0.25, -0.2) is 9.97 Å². The number of nitrogens with one attached hydrogen (secondary N) is 2. The highest BCUT2D eigenvalue weighted by Gasteiger charge is 2.15. The second-order valence-electron chi connectivity index (χ2n) is 5.85. The number of hydrogen-bond acceptors (Lipinski definition) is 4. The molecule has 0 radical (unpaired) electrons. The van der Waals surface area contributed by atoms with Crippen molar-refractivity contribution >= 4 is 40.6 Å². The fraction of sp³-hybridized carbons (Fsp3) is 0.353. The van der Waals surface area contributed by atoms with Gasteiger partial charge in [-0.15, -0.1) is 0 Å². The van der Waals surface area contributed by atoms with Gasteiger partial charge in [0.1, 0.15) is 17.8 Å². The molecule has 1 aromatic carbocycles. The van der Waals surface area contributed by atoms with Gasteiger partial charge in [0.2, 0.25) is 0 Å². The van der Waals surface area contributed by atoms with Crippen LogP contribution in [0.3, 0.4) is 0 Å². The molecule has 0 saturated heterocycles. The van der Waals surface area contributed by atoms with Gasteiger partial charge in [0.15, 0.2) is 0 Å². The number of rotatable bonds is 4. The van der Waals surface area contributed by atoms with Gasteiger partial charge in [-0.1, -0.05) is 42.5 Å². The molecule has 5 nitrogen and oxygen atoms in total. The lowest BCUT2D eigenvalue weighted by molar-refractivity contribution is 0.102. The molecule has 3 rings (SSSR count). The summed E-state index contributed by atoms with van der Waals surface area (Å²) in [7, 11) is 0. The van der Waals surface area contributed by atoms with Gasteiger partial charge < -0.3 is 10.6 Å². The van der Waals surface area contributed by atoms with Crippen LogP contribution in [0, 0.1) is 0 Å². The number of carbonyl (C=O) groups is 1. The molecule has 7 heteroatoms. The molecule has 0 aliphatic heterocycles. The quantitative estimate of drug-likeness (QED) is 0.818. The van der Waals surface area contributed by atoms with E-state index in [-0.39, 0.29) is 5.91 Å². The maximum absolute atomic E-state index is 12.3. The van der Waals surface area contributed by atoms with E-state index in [1.54, 1.807) is 24.3 Å². The van der Waals surface area contributed by atoms with Crippen molar-refractivity contribution in [3.05, 3.63) is 46.3 Å². The Kier molecular flexibility index (Phi) is 5.53. The Morgan fingerprint density at radius 2 is 1.83 bits per heavy atom. The van der Waals surface area contributed by atoms with Crippen LogP contribution in [0.2, 0.25) is 10.0 Å². The number of amides is 1. The smallest absolute Gasteiger partial charge is 0.274 e. The zero-order chi connectivity index (χ0) is 16.9. The Bertz CT molecular complexity index is 732. The first-order valence-electron chi connectivity index (χ1n) is 7.97. The molecule has 126 valence electrons. The van der Waals surface area contributed by atoms with Gasteiger partial charge in [-0.2, -0.15) is 0 Å². The van der Waals surface area contributed by atoms with Gasteiger partial charge in [-0.3, -0.25) is 4.79 Å². The topological polar surface area (TPSA) is 66.9 Å². The zero-order valence-corrected chi connectivity index (χ0v) is 14.6. The van der Waals surface area contributed by atoms with E-state index < -0.39 is 0 Å². The minimum absolute atomic E-state index is 0.300. The highest BCUT2D eigenvalue weighted by molar-refractivity contribution is 6.42. The fourth-order valence-electron chi connectivity index (χ4n) is 2.79. The minimum Gasteiger partial charge on any atom is -0.367 e. The Labute approximate surface area is 150 Å². The molecule has 2 N–H and O–H groups in total. The molecule has 1 amide bonds. The van der Waals surface area contributed by atoms with Crippen LogP contribution in [0.5, 0.6) is 0 Å². The maximum Gasteiger partial charge on any atom is 0.274 e. The van der Waals surface area contributed by atoms with E-state index >= 15 is 0 Å². The number of carbonyl (C=O) groups excluding carboxylic acids is 1. The molecule has 1 saturated carbocycles. The lowest BCUT2D eigenvalue weighted by Crippen LogP contribution is -2.23. The first-order valence-corrected chi connectivity index (χ1v) is 8.72. The lowest BCUT2D eigenvalue weighted by atomic mass is 9.95. The SMILES string of the molecule is O=C(Nc1ccc(Cl)c(Cl)c1)c1cc(NC2CCCCC2)ncn1. The molecule has 0 unspecified atom stereocenters. The first-order chi connectivity index (χ1) is 11.6. The number of hydrogen-bond donors (Lipinski definition) is 2. The largest absolute Gasteiger partial charge is 0.367 e. The third-order valence-electron chi connectivity index (χ3n) is 4.03. The van der Waals surface area contributed by atoms with Gasteiger partial charge >= 0.3 is 0 Å². The third kappa shape index (κ3) is 4.36. The standard InChI is InChI=1S/C17H18Cl2N4O/c18-13-7-6-12(8-14(13)19)23-17(24)15-9-16(21-10-20-15)22-11-4-2-1-3-5-11/h6-11H,1-5H2,(H,23,24)(H,20,21,22). The molecule has 24 heavy (non-hydrogen) atoms. The van der Waals surface area contributed by atoms with Crippen molar-refractivity contribution in [1.29, 1.82) is 0 Å². The first kappa shape index (κ1) is 17.0. The highest BCUT2D eigenvalue weighted by Crippen LogP contribution is 2.25. The Morgan fingerprint density at radius 3 is 2.58 bits per heavy atom. The minimum atomic E-state index is -0.317. The van der Waals surface area contributed by atoms with Crippen molar-refractivity contribution in [1.82, 2.24) is 9.97 Å². The van der Waals surface area contributed by atoms with Gasteiger partial charge in [-0.05, 0) is 31.0 Å². The second-order valence-corrected chi connectivity index (χ2v) is 6.67. The van der Waals surface area contributed by atoms with Gasteiger partial charge in [0, 0.05) is 17.8 Å². The van der Waals surface area contributed by atoms with E-state index in [9.17, 15) is 4.79 Å². The Balaban J connectivity index is 1.68. The van der Waals surface area contributed by atoms with Crippen molar-refractivity contribution in [2.24, 2.45) is 0 Å². The van der Waals surface area contributed by atoms with Crippen LogP contribution in [-0.2, 0) is 0 Å². The molecule has 0 bridgehead atoms. The summed E-state index contributed by atoms with van der Waals surface area (Å²) in [5, 5.41) is 6.97. The van der Waals surface area contributed by atoms with Crippen LogP contribution in [0.4, 0.5) is 11.5 Å². The average molecular weight is 365 g/mol. The lowest BCUT2D eigenvalue weighted by Gasteiger charge is -2.23. The van der Waals surface area contributed by atoms with E-state index in [2.05, 4.69) is 20.6 Å². The monoisotopic (exact) mass is 364 g/mol. The number of benzene rings is 1. The summed E-state index contributed by atoms with van der Waals surface area (Å²) in [5.74, 6) is 0.360. The van der Waals surface area contributed by atoms with Crippen molar-refractivity contribution < 1.29 is 4.79 Å². The molecular formula is C17H18Cl2N4O.